The van der Waals surface area contributed by atoms with Gasteiger partial charge >= 0.3 is 0 Å². The first kappa shape index (κ1) is 16.4. The molecule has 0 aromatic carbocycles. The maximum Gasteiger partial charge on any atom is 0.230 e. The van der Waals surface area contributed by atoms with Crippen LogP contribution in [0, 0.1) is 5.92 Å². The number of carbonyl (C=O) groups is 1. The van der Waals surface area contributed by atoms with Gasteiger partial charge in [0.05, 0.1) is 12.3 Å². The first-order valence-corrected chi connectivity index (χ1v) is 9.79. The fourth-order valence-electron chi connectivity index (χ4n) is 2.86. The van der Waals surface area contributed by atoms with Crippen LogP contribution in [-0.2, 0) is 11.3 Å². The highest BCUT2D eigenvalue weighted by Gasteiger charge is 2.23. The van der Waals surface area contributed by atoms with Crippen molar-refractivity contribution in [1.82, 2.24) is 25.5 Å². The number of thiophene rings is 1. The van der Waals surface area contributed by atoms with E-state index in [1.54, 1.807) is 16.0 Å². The van der Waals surface area contributed by atoms with Gasteiger partial charge in [0.2, 0.25) is 11.1 Å². The average molecular weight is 352 g/mol. The highest BCUT2D eigenvalue weighted by Crippen LogP contribution is 2.24. The molecule has 0 radical (unpaired) electrons. The number of thioether (sulfide) groups is 1. The van der Waals surface area contributed by atoms with Crippen LogP contribution in [-0.4, -0.2) is 37.9 Å². The number of nitrogens with one attached hydrogen (secondary N) is 1. The van der Waals surface area contributed by atoms with Crippen LogP contribution in [0.2, 0.25) is 0 Å². The van der Waals surface area contributed by atoms with Crippen LogP contribution in [0.4, 0.5) is 0 Å². The summed E-state index contributed by atoms with van der Waals surface area (Å²) >= 11 is 3.07. The Kier molecular flexibility index (Phi) is 5.66. The summed E-state index contributed by atoms with van der Waals surface area (Å²) in [7, 11) is 0. The molecule has 8 heteroatoms. The minimum atomic E-state index is 0.0689. The van der Waals surface area contributed by atoms with Crippen LogP contribution in [0.5, 0.6) is 0 Å². The van der Waals surface area contributed by atoms with Gasteiger partial charge in [0, 0.05) is 10.9 Å². The maximum absolute atomic E-state index is 12.2. The van der Waals surface area contributed by atoms with E-state index in [4.69, 9.17) is 0 Å². The number of rotatable bonds is 6. The van der Waals surface area contributed by atoms with E-state index in [0.717, 1.165) is 6.42 Å². The van der Waals surface area contributed by atoms with Crippen molar-refractivity contribution in [3.63, 3.8) is 0 Å². The lowest BCUT2D eigenvalue weighted by Crippen LogP contribution is -2.41. The standard InChI is InChI=1S/C15H21N5OS2/c1-11-5-2-3-7-13(11)16-14(21)10-23-15-17-18-19-20(15)9-12-6-4-8-22-12/h4,6,8,11,13H,2-3,5,7,9-10H2,1H3,(H,16,21). The third kappa shape index (κ3) is 4.54. The first-order chi connectivity index (χ1) is 11.2. The van der Waals surface area contributed by atoms with E-state index in [1.165, 1.54) is 35.9 Å². The van der Waals surface area contributed by atoms with Crippen molar-refractivity contribution in [2.45, 2.75) is 50.4 Å². The normalized spacial score (nSPS) is 21.3. The lowest BCUT2D eigenvalue weighted by molar-refractivity contribution is -0.119. The molecule has 3 rings (SSSR count). The third-order valence-corrected chi connectivity index (χ3v) is 5.99. The Hall–Kier alpha value is -1.41. The zero-order chi connectivity index (χ0) is 16.1. The highest BCUT2D eigenvalue weighted by molar-refractivity contribution is 7.99. The molecular formula is C15H21N5OS2. The molecule has 0 saturated heterocycles. The van der Waals surface area contributed by atoms with Crippen LogP contribution >= 0.6 is 23.1 Å². The van der Waals surface area contributed by atoms with Crippen LogP contribution in [0.3, 0.4) is 0 Å². The Morgan fingerprint density at radius 3 is 3.13 bits per heavy atom. The molecule has 0 bridgehead atoms. The first-order valence-electron chi connectivity index (χ1n) is 7.93. The summed E-state index contributed by atoms with van der Waals surface area (Å²) < 4.78 is 1.74. The molecule has 23 heavy (non-hydrogen) atoms. The summed E-state index contributed by atoms with van der Waals surface area (Å²) in [5, 5.41) is 17.6. The molecular weight excluding hydrogens is 330 g/mol. The summed E-state index contributed by atoms with van der Waals surface area (Å²) in [6.45, 7) is 2.87. The summed E-state index contributed by atoms with van der Waals surface area (Å²) in [6, 6.07) is 4.38. The van der Waals surface area contributed by atoms with Crippen molar-refractivity contribution < 1.29 is 4.79 Å². The molecule has 2 aromatic rings. The number of hydrogen-bond acceptors (Lipinski definition) is 6. The number of nitrogens with zero attached hydrogens (tertiary/aromatic N) is 4. The van der Waals surface area contributed by atoms with Crippen molar-refractivity contribution in [2.24, 2.45) is 5.92 Å². The van der Waals surface area contributed by atoms with Gasteiger partial charge in [0.15, 0.2) is 0 Å². The molecule has 1 saturated carbocycles. The molecule has 1 amide bonds. The second-order valence-corrected chi connectivity index (χ2v) is 7.90. The molecule has 2 heterocycles. The lowest BCUT2D eigenvalue weighted by atomic mass is 9.86. The average Bonchev–Trinajstić information content (AvgIpc) is 3.20. The maximum atomic E-state index is 12.2. The fraction of sp³-hybridized carbons (Fsp3) is 0.600. The van der Waals surface area contributed by atoms with Crippen molar-refractivity contribution in [2.75, 3.05) is 5.75 Å². The number of carbonyl (C=O) groups excluding carboxylic acids is 1. The van der Waals surface area contributed by atoms with E-state index in [-0.39, 0.29) is 5.91 Å². The minimum Gasteiger partial charge on any atom is -0.352 e. The van der Waals surface area contributed by atoms with Crippen molar-refractivity contribution in [3.05, 3.63) is 22.4 Å². The Balaban J connectivity index is 1.50. The van der Waals surface area contributed by atoms with Gasteiger partial charge in [-0.25, -0.2) is 4.68 Å². The zero-order valence-electron chi connectivity index (χ0n) is 13.1. The Bertz CT molecular complexity index is 628. The number of amides is 1. The van der Waals surface area contributed by atoms with E-state index < -0.39 is 0 Å². The Morgan fingerprint density at radius 2 is 2.35 bits per heavy atom. The smallest absolute Gasteiger partial charge is 0.230 e. The number of hydrogen-bond donors (Lipinski definition) is 1. The monoisotopic (exact) mass is 351 g/mol. The topological polar surface area (TPSA) is 72.7 Å². The van der Waals surface area contributed by atoms with Crippen molar-refractivity contribution in [1.29, 1.82) is 0 Å². The van der Waals surface area contributed by atoms with Crippen LogP contribution in [0.15, 0.2) is 22.7 Å². The predicted octanol–water partition coefficient (Wildman–Crippen LogP) is 2.57. The zero-order valence-corrected chi connectivity index (χ0v) is 14.8. The molecule has 124 valence electrons. The van der Waals surface area contributed by atoms with E-state index in [9.17, 15) is 4.79 Å². The van der Waals surface area contributed by atoms with Gasteiger partial charge in [0.1, 0.15) is 0 Å². The third-order valence-electron chi connectivity index (χ3n) is 4.17. The van der Waals surface area contributed by atoms with Gasteiger partial charge in [-0.3, -0.25) is 4.79 Å². The summed E-state index contributed by atoms with van der Waals surface area (Å²) in [4.78, 5) is 13.4. The van der Waals surface area contributed by atoms with Gasteiger partial charge in [0.25, 0.3) is 0 Å². The largest absolute Gasteiger partial charge is 0.352 e. The Morgan fingerprint density at radius 1 is 1.48 bits per heavy atom. The predicted molar refractivity (Wildman–Crippen MR) is 91.5 cm³/mol. The van der Waals surface area contributed by atoms with E-state index >= 15 is 0 Å². The minimum absolute atomic E-state index is 0.0689. The highest BCUT2D eigenvalue weighted by atomic mass is 32.2. The number of tetrazole rings is 1. The molecule has 2 unspecified atom stereocenters. The second-order valence-electron chi connectivity index (χ2n) is 5.92. The second kappa shape index (κ2) is 7.92. The quantitative estimate of drug-likeness (QED) is 0.810. The molecule has 1 fully saturated rings. The van der Waals surface area contributed by atoms with E-state index in [0.29, 0.717) is 29.4 Å². The fourth-order valence-corrected chi connectivity index (χ4v) is 4.23. The molecule has 0 spiro atoms. The van der Waals surface area contributed by atoms with Crippen molar-refractivity contribution >= 4 is 29.0 Å². The van der Waals surface area contributed by atoms with Crippen molar-refractivity contribution in [3.8, 4) is 0 Å². The van der Waals surface area contributed by atoms with Crippen LogP contribution < -0.4 is 5.32 Å². The van der Waals surface area contributed by atoms with Gasteiger partial charge in [-0.1, -0.05) is 37.6 Å². The van der Waals surface area contributed by atoms with E-state index in [2.05, 4.69) is 33.8 Å². The molecule has 1 aliphatic rings. The lowest BCUT2D eigenvalue weighted by Gasteiger charge is -2.29. The molecule has 6 nitrogen and oxygen atoms in total. The van der Waals surface area contributed by atoms with Gasteiger partial charge < -0.3 is 5.32 Å². The van der Waals surface area contributed by atoms with E-state index in [1.807, 2.05) is 11.4 Å². The summed E-state index contributed by atoms with van der Waals surface area (Å²) in [6.07, 6.45) is 4.78. The molecule has 2 atom stereocenters. The molecule has 0 aliphatic heterocycles. The van der Waals surface area contributed by atoms with Gasteiger partial charge in [-0.05, 0) is 40.6 Å². The Labute approximate surface area is 144 Å². The van der Waals surface area contributed by atoms with Gasteiger partial charge in [-0.15, -0.1) is 16.4 Å². The van der Waals surface area contributed by atoms with Crippen LogP contribution in [0.25, 0.3) is 0 Å². The summed E-state index contributed by atoms with van der Waals surface area (Å²) in [5.41, 5.74) is 0. The SMILES string of the molecule is CC1CCCCC1NC(=O)CSc1nnnn1Cc1cccs1. The van der Waals surface area contributed by atoms with Gasteiger partial charge in [-0.2, -0.15) is 0 Å². The molecule has 1 aliphatic carbocycles. The molecule has 1 N–H and O–H groups in total. The summed E-state index contributed by atoms with van der Waals surface area (Å²) in [5.74, 6) is 0.995. The molecule has 2 aromatic heterocycles. The number of aromatic nitrogens is 4. The van der Waals surface area contributed by atoms with Crippen LogP contribution in [0.1, 0.15) is 37.5 Å².